The van der Waals surface area contributed by atoms with Crippen molar-refractivity contribution in [2.24, 2.45) is 0 Å². The Bertz CT molecular complexity index is 932. The molecule has 0 atom stereocenters. The number of anilines is 1. The molecule has 1 amide bonds. The summed E-state index contributed by atoms with van der Waals surface area (Å²) in [5.41, 5.74) is 2.92. The molecule has 1 aromatic carbocycles. The van der Waals surface area contributed by atoms with Crippen LogP contribution in [0.25, 0.3) is 0 Å². The van der Waals surface area contributed by atoms with E-state index in [1.807, 2.05) is 37.6 Å². The minimum absolute atomic E-state index is 0.156. The van der Waals surface area contributed by atoms with Gasteiger partial charge in [-0.2, -0.15) is 10.2 Å². The number of aryl methyl sites for hydroxylation is 2. The second-order valence-corrected chi connectivity index (χ2v) is 6.27. The molecule has 0 radical (unpaired) electrons. The molecule has 26 heavy (non-hydrogen) atoms. The molecule has 0 aliphatic rings. The molecule has 1 N–H and O–H groups in total. The van der Waals surface area contributed by atoms with Crippen LogP contribution in [0.2, 0.25) is 5.02 Å². The molecular formula is C18H20ClN5O2. The number of hydrogen-bond donors (Lipinski definition) is 1. The molecule has 2 heterocycles. The van der Waals surface area contributed by atoms with Crippen molar-refractivity contribution in [1.29, 1.82) is 0 Å². The fraction of sp³-hybridized carbons (Fsp3) is 0.278. The number of amides is 1. The van der Waals surface area contributed by atoms with E-state index in [4.69, 9.17) is 16.3 Å². The minimum Gasteiger partial charge on any atom is -0.470 e. The summed E-state index contributed by atoms with van der Waals surface area (Å²) in [5.74, 6) is 0.284. The van der Waals surface area contributed by atoms with E-state index < -0.39 is 0 Å². The molecule has 0 fully saturated rings. The molecule has 0 spiro atoms. The molecule has 0 aliphatic heterocycles. The van der Waals surface area contributed by atoms with Crippen molar-refractivity contribution in [3.05, 3.63) is 58.6 Å². The lowest BCUT2D eigenvalue weighted by molar-refractivity contribution is 0.102. The van der Waals surface area contributed by atoms with Crippen LogP contribution in [0, 0.1) is 13.8 Å². The standard InChI is InChI=1S/C18H20ClN5O2/c1-4-24-13(3)16(10-20-24)21-18(25)15-7-8-23(22-15)11-26-17-9-12(2)5-6-14(17)19/h5-10H,4,11H2,1-3H3,(H,21,25). The molecule has 7 nitrogen and oxygen atoms in total. The van der Waals surface area contributed by atoms with Crippen LogP contribution in [-0.4, -0.2) is 25.5 Å². The number of aromatic nitrogens is 4. The Morgan fingerprint density at radius 1 is 1.31 bits per heavy atom. The number of hydrogen-bond acceptors (Lipinski definition) is 4. The van der Waals surface area contributed by atoms with E-state index in [1.54, 1.807) is 24.5 Å². The van der Waals surface area contributed by atoms with Crippen LogP contribution in [0.5, 0.6) is 5.75 Å². The highest BCUT2D eigenvalue weighted by atomic mass is 35.5. The van der Waals surface area contributed by atoms with Gasteiger partial charge in [0, 0.05) is 12.7 Å². The smallest absolute Gasteiger partial charge is 0.276 e. The van der Waals surface area contributed by atoms with Crippen LogP contribution in [-0.2, 0) is 13.3 Å². The topological polar surface area (TPSA) is 74.0 Å². The summed E-state index contributed by atoms with van der Waals surface area (Å²) in [7, 11) is 0. The van der Waals surface area contributed by atoms with Crippen molar-refractivity contribution in [2.75, 3.05) is 5.32 Å². The van der Waals surface area contributed by atoms with E-state index in [-0.39, 0.29) is 12.6 Å². The number of rotatable bonds is 6. The van der Waals surface area contributed by atoms with Crippen molar-refractivity contribution < 1.29 is 9.53 Å². The summed E-state index contributed by atoms with van der Waals surface area (Å²) >= 11 is 6.11. The highest BCUT2D eigenvalue weighted by Crippen LogP contribution is 2.25. The van der Waals surface area contributed by atoms with Gasteiger partial charge >= 0.3 is 0 Å². The van der Waals surface area contributed by atoms with Crippen molar-refractivity contribution in [2.45, 2.75) is 34.0 Å². The van der Waals surface area contributed by atoms with Gasteiger partial charge in [0.2, 0.25) is 0 Å². The zero-order valence-corrected chi connectivity index (χ0v) is 15.6. The van der Waals surface area contributed by atoms with Crippen molar-refractivity contribution in [3.63, 3.8) is 0 Å². The molecule has 0 aliphatic carbocycles. The zero-order chi connectivity index (χ0) is 18.7. The Balaban J connectivity index is 1.64. The largest absolute Gasteiger partial charge is 0.470 e. The van der Waals surface area contributed by atoms with Crippen LogP contribution in [0.15, 0.2) is 36.7 Å². The Morgan fingerprint density at radius 3 is 2.85 bits per heavy atom. The van der Waals surface area contributed by atoms with Gasteiger partial charge in [0.15, 0.2) is 12.4 Å². The van der Waals surface area contributed by atoms with E-state index in [9.17, 15) is 4.79 Å². The Labute approximate surface area is 156 Å². The molecule has 3 aromatic rings. The zero-order valence-electron chi connectivity index (χ0n) is 14.9. The molecule has 0 saturated heterocycles. The number of carbonyl (C=O) groups is 1. The van der Waals surface area contributed by atoms with E-state index >= 15 is 0 Å². The fourth-order valence-corrected chi connectivity index (χ4v) is 2.66. The summed E-state index contributed by atoms with van der Waals surface area (Å²) in [6.45, 7) is 6.76. The van der Waals surface area contributed by atoms with Crippen LogP contribution in [0.4, 0.5) is 5.69 Å². The predicted molar refractivity (Wildman–Crippen MR) is 99.6 cm³/mol. The van der Waals surface area contributed by atoms with Crippen molar-refractivity contribution in [3.8, 4) is 5.75 Å². The highest BCUT2D eigenvalue weighted by molar-refractivity contribution is 6.32. The monoisotopic (exact) mass is 373 g/mol. The molecular weight excluding hydrogens is 354 g/mol. The van der Waals surface area contributed by atoms with Gasteiger partial charge in [-0.1, -0.05) is 17.7 Å². The number of ether oxygens (including phenoxy) is 1. The molecule has 0 saturated carbocycles. The molecule has 0 unspecified atom stereocenters. The first-order valence-corrected chi connectivity index (χ1v) is 8.62. The van der Waals surface area contributed by atoms with E-state index in [0.717, 1.165) is 17.8 Å². The third kappa shape index (κ3) is 3.88. The number of benzene rings is 1. The van der Waals surface area contributed by atoms with E-state index in [1.165, 1.54) is 4.68 Å². The first-order valence-electron chi connectivity index (χ1n) is 8.24. The quantitative estimate of drug-likeness (QED) is 0.715. The predicted octanol–water partition coefficient (Wildman–Crippen LogP) is 3.66. The summed E-state index contributed by atoms with van der Waals surface area (Å²) in [4.78, 5) is 12.4. The first kappa shape index (κ1) is 18.0. The van der Waals surface area contributed by atoms with Crippen molar-refractivity contribution >= 4 is 23.2 Å². The Hall–Kier alpha value is -2.80. The maximum atomic E-state index is 12.4. The molecule has 136 valence electrons. The van der Waals surface area contributed by atoms with Gasteiger partial charge in [0.25, 0.3) is 5.91 Å². The SMILES string of the molecule is CCn1ncc(NC(=O)c2ccn(COc3cc(C)ccc3Cl)n2)c1C. The van der Waals surface area contributed by atoms with Gasteiger partial charge in [-0.15, -0.1) is 0 Å². The average molecular weight is 374 g/mol. The van der Waals surface area contributed by atoms with Gasteiger partial charge in [0.1, 0.15) is 5.75 Å². The van der Waals surface area contributed by atoms with Gasteiger partial charge in [-0.3, -0.25) is 9.48 Å². The normalized spacial score (nSPS) is 10.8. The number of halogens is 1. The van der Waals surface area contributed by atoms with Gasteiger partial charge in [0.05, 0.1) is 22.6 Å². The molecule has 8 heteroatoms. The maximum Gasteiger partial charge on any atom is 0.276 e. The third-order valence-electron chi connectivity index (χ3n) is 3.96. The first-order chi connectivity index (χ1) is 12.5. The van der Waals surface area contributed by atoms with Gasteiger partial charge in [-0.25, -0.2) is 4.68 Å². The van der Waals surface area contributed by atoms with Gasteiger partial charge < -0.3 is 10.1 Å². The summed E-state index contributed by atoms with van der Waals surface area (Å²) in [6.07, 6.45) is 3.32. The van der Waals surface area contributed by atoms with Crippen LogP contribution in [0.1, 0.15) is 28.7 Å². The number of nitrogens with one attached hydrogen (secondary N) is 1. The third-order valence-corrected chi connectivity index (χ3v) is 4.28. The molecule has 2 aromatic heterocycles. The summed E-state index contributed by atoms with van der Waals surface area (Å²) < 4.78 is 9.03. The van der Waals surface area contributed by atoms with Crippen LogP contribution in [0.3, 0.4) is 0 Å². The van der Waals surface area contributed by atoms with Gasteiger partial charge in [-0.05, 0) is 44.5 Å². The highest BCUT2D eigenvalue weighted by Gasteiger charge is 2.13. The minimum atomic E-state index is -0.295. The Morgan fingerprint density at radius 2 is 2.12 bits per heavy atom. The molecule has 0 bridgehead atoms. The molecule has 3 rings (SSSR count). The lowest BCUT2D eigenvalue weighted by Crippen LogP contribution is -2.15. The number of nitrogens with zero attached hydrogens (tertiary/aromatic N) is 4. The fourth-order valence-electron chi connectivity index (χ4n) is 2.49. The average Bonchev–Trinajstić information content (AvgIpc) is 3.23. The van der Waals surface area contributed by atoms with E-state index in [2.05, 4.69) is 15.5 Å². The van der Waals surface area contributed by atoms with Crippen molar-refractivity contribution in [1.82, 2.24) is 19.6 Å². The lowest BCUT2D eigenvalue weighted by Gasteiger charge is -2.08. The second-order valence-electron chi connectivity index (χ2n) is 5.86. The second kappa shape index (κ2) is 7.61. The Kier molecular flexibility index (Phi) is 5.27. The number of carbonyl (C=O) groups excluding carboxylic acids is 1. The van der Waals surface area contributed by atoms with E-state index in [0.29, 0.717) is 22.2 Å². The van der Waals surface area contributed by atoms with Crippen LogP contribution >= 0.6 is 11.6 Å². The summed E-state index contributed by atoms with van der Waals surface area (Å²) in [6, 6.07) is 7.19. The maximum absolute atomic E-state index is 12.4. The lowest BCUT2D eigenvalue weighted by atomic mass is 10.2. The summed E-state index contributed by atoms with van der Waals surface area (Å²) in [5, 5.41) is 11.8. The van der Waals surface area contributed by atoms with Crippen LogP contribution < -0.4 is 10.1 Å².